The molecular weight excluding hydrogens is 279 g/mol. The van der Waals surface area contributed by atoms with E-state index in [0.29, 0.717) is 6.04 Å². The Balaban J connectivity index is 1.88. The lowest BCUT2D eigenvalue weighted by Gasteiger charge is -2.36. The summed E-state index contributed by atoms with van der Waals surface area (Å²) in [6.07, 6.45) is 3.93. The van der Waals surface area contributed by atoms with Gasteiger partial charge in [0.25, 0.3) is 0 Å². The zero-order valence-corrected chi connectivity index (χ0v) is 12.6. The Morgan fingerprint density at radius 1 is 1.16 bits per heavy atom. The van der Waals surface area contributed by atoms with Crippen LogP contribution < -0.4 is 5.32 Å². The highest BCUT2D eigenvalue weighted by atomic mass is 35.5. The van der Waals surface area contributed by atoms with Crippen LogP contribution in [-0.2, 0) is 0 Å². The summed E-state index contributed by atoms with van der Waals surface area (Å²) in [6, 6.07) is 6.24. The second-order valence-electron chi connectivity index (χ2n) is 5.62. The number of hydrogen-bond donors (Lipinski definition) is 1. The van der Waals surface area contributed by atoms with E-state index in [1.165, 1.54) is 19.3 Å². The molecule has 19 heavy (non-hydrogen) atoms. The first-order valence-electron chi connectivity index (χ1n) is 7.14. The third-order valence-electron chi connectivity index (χ3n) is 4.18. The van der Waals surface area contributed by atoms with E-state index < -0.39 is 0 Å². The van der Waals surface area contributed by atoms with Crippen LogP contribution in [0.2, 0.25) is 10.0 Å². The van der Waals surface area contributed by atoms with Gasteiger partial charge < -0.3 is 5.32 Å². The summed E-state index contributed by atoms with van der Waals surface area (Å²) < 4.78 is 0. The SMILES string of the molecule is Clc1cccc(Cl)c1[C@H](CC1CC1)N1CCNCC1. The van der Waals surface area contributed by atoms with Gasteiger partial charge in [-0.15, -0.1) is 0 Å². The molecule has 1 aliphatic heterocycles. The number of benzene rings is 1. The fourth-order valence-electron chi connectivity index (χ4n) is 2.94. The molecular formula is C15H20Cl2N2. The third-order valence-corrected chi connectivity index (χ3v) is 4.84. The van der Waals surface area contributed by atoms with Crippen molar-refractivity contribution in [2.45, 2.75) is 25.3 Å². The molecule has 2 nitrogen and oxygen atoms in total. The first kappa shape index (κ1) is 13.7. The molecule has 0 unspecified atom stereocenters. The minimum absolute atomic E-state index is 0.385. The van der Waals surface area contributed by atoms with Crippen LogP contribution in [0, 0.1) is 5.92 Å². The van der Waals surface area contributed by atoms with Crippen LogP contribution in [0.5, 0.6) is 0 Å². The molecule has 3 rings (SSSR count). The maximum Gasteiger partial charge on any atom is 0.0468 e. The third kappa shape index (κ3) is 3.25. The zero-order valence-electron chi connectivity index (χ0n) is 11.0. The van der Waals surface area contributed by atoms with Crippen molar-refractivity contribution in [1.82, 2.24) is 10.2 Å². The maximum atomic E-state index is 6.42. The summed E-state index contributed by atoms with van der Waals surface area (Å²) in [5.74, 6) is 0.868. The standard InChI is InChI=1S/C15H20Cl2N2/c16-12-2-1-3-13(17)15(12)14(10-11-4-5-11)19-8-6-18-7-9-19/h1-3,11,14,18H,4-10H2/t14-/m0/s1. The van der Waals surface area contributed by atoms with Crippen molar-refractivity contribution >= 4 is 23.2 Å². The number of hydrogen-bond acceptors (Lipinski definition) is 2. The monoisotopic (exact) mass is 298 g/mol. The molecule has 1 N–H and O–H groups in total. The van der Waals surface area contributed by atoms with Gasteiger partial charge in [0, 0.05) is 47.8 Å². The molecule has 1 aromatic carbocycles. The summed E-state index contributed by atoms with van der Waals surface area (Å²) in [4.78, 5) is 2.54. The van der Waals surface area contributed by atoms with Crippen molar-refractivity contribution in [2.24, 2.45) is 5.92 Å². The van der Waals surface area contributed by atoms with E-state index >= 15 is 0 Å². The number of nitrogens with one attached hydrogen (secondary N) is 1. The zero-order chi connectivity index (χ0) is 13.2. The first-order chi connectivity index (χ1) is 9.25. The van der Waals surface area contributed by atoms with Crippen molar-refractivity contribution in [1.29, 1.82) is 0 Å². The summed E-state index contributed by atoms with van der Waals surface area (Å²) in [6.45, 7) is 4.28. The predicted molar refractivity (Wildman–Crippen MR) is 81.0 cm³/mol. The van der Waals surface area contributed by atoms with E-state index in [2.05, 4.69) is 10.2 Å². The quantitative estimate of drug-likeness (QED) is 0.911. The van der Waals surface area contributed by atoms with Crippen molar-refractivity contribution in [3.8, 4) is 0 Å². The average molecular weight is 299 g/mol. The Bertz CT molecular complexity index is 420. The Labute approximate surface area is 125 Å². The van der Waals surface area contributed by atoms with Crippen LogP contribution in [0.3, 0.4) is 0 Å². The summed E-state index contributed by atoms with van der Waals surface area (Å²) in [5.41, 5.74) is 1.14. The van der Waals surface area contributed by atoms with Crippen LogP contribution >= 0.6 is 23.2 Å². The summed E-state index contributed by atoms with van der Waals surface area (Å²) in [7, 11) is 0. The van der Waals surface area contributed by atoms with Gasteiger partial charge in [-0.3, -0.25) is 4.90 Å². The molecule has 4 heteroatoms. The van der Waals surface area contributed by atoms with E-state index in [1.54, 1.807) is 0 Å². The molecule has 2 fully saturated rings. The second-order valence-corrected chi connectivity index (χ2v) is 6.43. The van der Waals surface area contributed by atoms with Crippen LogP contribution in [0.25, 0.3) is 0 Å². The fourth-order valence-corrected chi connectivity index (χ4v) is 3.59. The predicted octanol–water partition coefficient (Wildman–Crippen LogP) is 3.74. The molecule has 0 spiro atoms. The highest BCUT2D eigenvalue weighted by Crippen LogP contribution is 2.43. The number of rotatable bonds is 4. The molecule has 104 valence electrons. The minimum atomic E-state index is 0.385. The van der Waals surface area contributed by atoms with Crippen LogP contribution in [0.4, 0.5) is 0 Å². The van der Waals surface area contributed by atoms with Crippen molar-refractivity contribution in [3.05, 3.63) is 33.8 Å². The lowest BCUT2D eigenvalue weighted by Crippen LogP contribution is -2.45. The molecule has 0 radical (unpaired) electrons. The Kier molecular flexibility index (Phi) is 4.33. The van der Waals surface area contributed by atoms with E-state index in [-0.39, 0.29) is 0 Å². The summed E-state index contributed by atoms with van der Waals surface area (Å²) >= 11 is 12.8. The van der Waals surface area contributed by atoms with Gasteiger partial charge in [-0.2, -0.15) is 0 Å². The molecule has 1 saturated carbocycles. The molecule has 2 aliphatic rings. The normalized spacial score (nSPS) is 22.4. The minimum Gasteiger partial charge on any atom is -0.314 e. The van der Waals surface area contributed by atoms with E-state index in [9.17, 15) is 0 Å². The first-order valence-corrected chi connectivity index (χ1v) is 7.90. The lowest BCUT2D eigenvalue weighted by atomic mass is 9.98. The van der Waals surface area contributed by atoms with Crippen LogP contribution in [-0.4, -0.2) is 31.1 Å². The molecule has 0 bridgehead atoms. The largest absolute Gasteiger partial charge is 0.314 e. The highest BCUT2D eigenvalue weighted by Gasteiger charge is 2.32. The smallest absolute Gasteiger partial charge is 0.0468 e. The molecule has 1 heterocycles. The second kappa shape index (κ2) is 6.01. The average Bonchev–Trinajstić information content (AvgIpc) is 3.22. The van der Waals surface area contributed by atoms with Gasteiger partial charge in [0.2, 0.25) is 0 Å². The topological polar surface area (TPSA) is 15.3 Å². The van der Waals surface area contributed by atoms with Gasteiger partial charge >= 0.3 is 0 Å². The van der Waals surface area contributed by atoms with Gasteiger partial charge in [-0.1, -0.05) is 42.1 Å². The van der Waals surface area contributed by atoms with Crippen LogP contribution in [0.15, 0.2) is 18.2 Å². The summed E-state index contributed by atoms with van der Waals surface area (Å²) in [5, 5.41) is 5.04. The van der Waals surface area contributed by atoms with Gasteiger partial charge in [-0.25, -0.2) is 0 Å². The number of halogens is 2. The number of piperazine rings is 1. The maximum absolute atomic E-state index is 6.42. The fraction of sp³-hybridized carbons (Fsp3) is 0.600. The lowest BCUT2D eigenvalue weighted by molar-refractivity contribution is 0.160. The van der Waals surface area contributed by atoms with Gasteiger partial charge in [-0.05, 0) is 24.5 Å². The molecule has 1 aliphatic carbocycles. The molecule has 1 saturated heterocycles. The van der Waals surface area contributed by atoms with Crippen molar-refractivity contribution in [2.75, 3.05) is 26.2 Å². The molecule has 0 aromatic heterocycles. The number of nitrogens with zero attached hydrogens (tertiary/aromatic N) is 1. The van der Waals surface area contributed by atoms with Gasteiger partial charge in [0.15, 0.2) is 0 Å². The van der Waals surface area contributed by atoms with E-state index in [1.807, 2.05) is 18.2 Å². The Hall–Kier alpha value is -0.280. The molecule has 1 aromatic rings. The highest BCUT2D eigenvalue weighted by molar-refractivity contribution is 6.36. The Morgan fingerprint density at radius 2 is 1.79 bits per heavy atom. The van der Waals surface area contributed by atoms with E-state index in [0.717, 1.165) is 47.7 Å². The van der Waals surface area contributed by atoms with Gasteiger partial charge in [0.1, 0.15) is 0 Å². The van der Waals surface area contributed by atoms with E-state index in [4.69, 9.17) is 23.2 Å². The van der Waals surface area contributed by atoms with Gasteiger partial charge in [0.05, 0.1) is 0 Å². The molecule has 1 atom stereocenters. The van der Waals surface area contributed by atoms with Crippen molar-refractivity contribution in [3.63, 3.8) is 0 Å². The molecule has 0 amide bonds. The Morgan fingerprint density at radius 3 is 2.37 bits per heavy atom. The van der Waals surface area contributed by atoms with Crippen molar-refractivity contribution < 1.29 is 0 Å². The van der Waals surface area contributed by atoms with Crippen LogP contribution in [0.1, 0.15) is 30.9 Å².